The smallest absolute Gasteiger partial charge is 0.156 e. The molecule has 0 saturated carbocycles. The van der Waals surface area contributed by atoms with E-state index in [2.05, 4.69) is 21.8 Å². The van der Waals surface area contributed by atoms with Crippen LogP contribution in [0.4, 0.5) is 4.39 Å². The first-order valence-corrected chi connectivity index (χ1v) is 5.11. The summed E-state index contributed by atoms with van der Waals surface area (Å²) in [5.41, 5.74) is 0.990. The summed E-state index contributed by atoms with van der Waals surface area (Å²) < 4.78 is 12.9. The van der Waals surface area contributed by atoms with Crippen molar-refractivity contribution < 1.29 is 4.39 Å². The summed E-state index contributed by atoms with van der Waals surface area (Å²) in [7, 11) is 0. The van der Waals surface area contributed by atoms with Crippen molar-refractivity contribution in [3.63, 3.8) is 0 Å². The maximum atomic E-state index is 12.9. The van der Waals surface area contributed by atoms with Crippen LogP contribution in [0.25, 0.3) is 0 Å². The number of pyridine rings is 1. The normalized spacial score (nSPS) is 8.44. The third-order valence-electron chi connectivity index (χ3n) is 1.69. The standard InChI is InChI=1S/C11H7FN2.C2H6/c12-11-8-13-7-9(11)4-5-10-3-1-2-6-14-10;1-2/h1-3,6-8,13H;1-2H3. The highest BCUT2D eigenvalue weighted by atomic mass is 19.1. The van der Waals surface area contributed by atoms with Crippen molar-refractivity contribution in [1.29, 1.82) is 0 Å². The van der Waals surface area contributed by atoms with Gasteiger partial charge in [-0.05, 0) is 18.1 Å². The molecule has 0 aliphatic carbocycles. The maximum absolute atomic E-state index is 12.9. The van der Waals surface area contributed by atoms with Crippen molar-refractivity contribution in [3.05, 3.63) is 53.9 Å². The monoisotopic (exact) mass is 216 g/mol. The second-order valence-corrected chi connectivity index (χ2v) is 2.68. The van der Waals surface area contributed by atoms with Crippen LogP contribution in [0.15, 0.2) is 36.8 Å². The van der Waals surface area contributed by atoms with Gasteiger partial charge in [-0.1, -0.05) is 25.8 Å². The van der Waals surface area contributed by atoms with Crippen molar-refractivity contribution in [2.75, 3.05) is 0 Å². The Labute approximate surface area is 94.5 Å². The molecule has 2 aromatic heterocycles. The lowest BCUT2D eigenvalue weighted by Gasteiger charge is -1.85. The Balaban J connectivity index is 0.000000606. The van der Waals surface area contributed by atoms with Crippen LogP contribution in [0.3, 0.4) is 0 Å². The number of H-pyrrole nitrogens is 1. The molecule has 16 heavy (non-hydrogen) atoms. The first-order chi connectivity index (χ1) is 7.86. The third-order valence-corrected chi connectivity index (χ3v) is 1.69. The van der Waals surface area contributed by atoms with E-state index < -0.39 is 0 Å². The molecule has 3 heteroatoms. The molecule has 0 spiro atoms. The van der Waals surface area contributed by atoms with Crippen molar-refractivity contribution in [3.8, 4) is 11.8 Å². The van der Waals surface area contributed by atoms with E-state index in [-0.39, 0.29) is 5.82 Å². The Hall–Kier alpha value is -2.08. The summed E-state index contributed by atoms with van der Waals surface area (Å²) in [5, 5.41) is 0. The molecule has 2 rings (SSSR count). The molecular formula is C13H13FN2. The molecule has 0 unspecified atom stereocenters. The van der Waals surface area contributed by atoms with Gasteiger partial charge in [0.1, 0.15) is 5.69 Å². The van der Waals surface area contributed by atoms with Gasteiger partial charge in [-0.3, -0.25) is 0 Å². The Morgan fingerprint density at radius 1 is 1.19 bits per heavy atom. The van der Waals surface area contributed by atoms with Crippen LogP contribution in [-0.2, 0) is 0 Å². The van der Waals surface area contributed by atoms with E-state index in [0.717, 1.165) is 0 Å². The van der Waals surface area contributed by atoms with Crippen LogP contribution < -0.4 is 0 Å². The maximum Gasteiger partial charge on any atom is 0.156 e. The van der Waals surface area contributed by atoms with Gasteiger partial charge in [0.25, 0.3) is 0 Å². The molecule has 0 aromatic carbocycles. The van der Waals surface area contributed by atoms with Gasteiger partial charge in [0.05, 0.1) is 5.56 Å². The van der Waals surface area contributed by atoms with Crippen molar-refractivity contribution in [2.45, 2.75) is 13.8 Å². The van der Waals surface area contributed by atoms with Gasteiger partial charge in [-0.15, -0.1) is 0 Å². The summed E-state index contributed by atoms with van der Waals surface area (Å²) in [6.07, 6.45) is 4.44. The van der Waals surface area contributed by atoms with Crippen molar-refractivity contribution >= 4 is 0 Å². The lowest BCUT2D eigenvalue weighted by molar-refractivity contribution is 0.626. The number of hydrogen-bond acceptors (Lipinski definition) is 1. The second kappa shape index (κ2) is 6.41. The topological polar surface area (TPSA) is 28.7 Å². The highest BCUT2D eigenvalue weighted by molar-refractivity contribution is 5.39. The van der Waals surface area contributed by atoms with Gasteiger partial charge in [-0.25, -0.2) is 9.37 Å². The Kier molecular flexibility index (Phi) is 4.81. The second-order valence-electron chi connectivity index (χ2n) is 2.68. The Bertz CT molecular complexity index is 477. The summed E-state index contributed by atoms with van der Waals surface area (Å²) in [5.74, 6) is 5.12. The molecule has 2 heterocycles. The van der Waals surface area contributed by atoms with Crippen LogP contribution in [0.1, 0.15) is 25.1 Å². The molecule has 0 fully saturated rings. The molecule has 0 aliphatic heterocycles. The Morgan fingerprint density at radius 2 is 2.00 bits per heavy atom. The van der Waals surface area contributed by atoms with Gasteiger partial charge >= 0.3 is 0 Å². The molecule has 0 saturated heterocycles. The van der Waals surface area contributed by atoms with E-state index >= 15 is 0 Å². The van der Waals surface area contributed by atoms with Crippen LogP contribution in [0.5, 0.6) is 0 Å². The predicted molar refractivity (Wildman–Crippen MR) is 62.3 cm³/mol. The zero-order valence-corrected chi connectivity index (χ0v) is 9.29. The number of aromatic amines is 1. The average Bonchev–Trinajstić information content (AvgIpc) is 2.76. The van der Waals surface area contributed by atoms with Gasteiger partial charge in [0.15, 0.2) is 5.82 Å². The molecule has 0 atom stereocenters. The fourth-order valence-corrected chi connectivity index (χ4v) is 1.01. The predicted octanol–water partition coefficient (Wildman–Crippen LogP) is 2.97. The Morgan fingerprint density at radius 3 is 2.56 bits per heavy atom. The average molecular weight is 216 g/mol. The highest BCUT2D eigenvalue weighted by Gasteiger charge is 1.96. The number of nitrogens with zero attached hydrogens (tertiary/aromatic N) is 1. The van der Waals surface area contributed by atoms with Crippen LogP contribution >= 0.6 is 0 Å². The number of hydrogen-bond donors (Lipinski definition) is 1. The van der Waals surface area contributed by atoms with Crippen LogP contribution in [0.2, 0.25) is 0 Å². The molecule has 0 radical (unpaired) electrons. The van der Waals surface area contributed by atoms with Gasteiger partial charge in [0, 0.05) is 18.6 Å². The molecule has 1 N–H and O–H groups in total. The number of halogens is 1. The molecule has 0 amide bonds. The van der Waals surface area contributed by atoms with E-state index in [1.165, 1.54) is 12.4 Å². The van der Waals surface area contributed by atoms with E-state index in [0.29, 0.717) is 11.3 Å². The fraction of sp³-hybridized carbons (Fsp3) is 0.154. The minimum Gasteiger partial charge on any atom is -0.364 e. The van der Waals surface area contributed by atoms with Crippen LogP contribution in [-0.4, -0.2) is 9.97 Å². The fourth-order valence-electron chi connectivity index (χ4n) is 1.01. The highest BCUT2D eigenvalue weighted by Crippen LogP contribution is 2.02. The van der Waals surface area contributed by atoms with E-state index in [4.69, 9.17) is 0 Å². The molecule has 2 nitrogen and oxygen atoms in total. The molecular weight excluding hydrogens is 203 g/mol. The largest absolute Gasteiger partial charge is 0.364 e. The number of nitrogens with one attached hydrogen (secondary N) is 1. The zero-order valence-electron chi connectivity index (χ0n) is 9.29. The summed E-state index contributed by atoms with van der Waals surface area (Å²) in [4.78, 5) is 6.64. The molecule has 82 valence electrons. The van der Waals surface area contributed by atoms with Gasteiger partial charge in [0.2, 0.25) is 0 Å². The van der Waals surface area contributed by atoms with E-state index in [1.54, 1.807) is 12.3 Å². The minimum absolute atomic E-state index is 0.339. The van der Waals surface area contributed by atoms with E-state index in [1.807, 2.05) is 26.0 Å². The first-order valence-electron chi connectivity index (χ1n) is 5.11. The van der Waals surface area contributed by atoms with Gasteiger partial charge in [-0.2, -0.15) is 0 Å². The van der Waals surface area contributed by atoms with E-state index in [9.17, 15) is 4.39 Å². The van der Waals surface area contributed by atoms with Crippen LogP contribution in [0, 0.1) is 17.7 Å². The zero-order chi connectivity index (χ0) is 11.8. The summed E-state index contributed by atoms with van der Waals surface area (Å²) >= 11 is 0. The summed E-state index contributed by atoms with van der Waals surface area (Å²) in [6, 6.07) is 5.42. The van der Waals surface area contributed by atoms with Gasteiger partial charge < -0.3 is 4.98 Å². The molecule has 2 aromatic rings. The SMILES string of the molecule is CC.Fc1c[nH]cc1C#Cc1ccccn1. The van der Waals surface area contributed by atoms with Crippen molar-refractivity contribution in [1.82, 2.24) is 9.97 Å². The summed E-state index contributed by atoms with van der Waals surface area (Å²) in [6.45, 7) is 4.00. The number of rotatable bonds is 0. The molecule has 0 aliphatic rings. The lowest BCUT2D eigenvalue weighted by Crippen LogP contribution is -1.79. The van der Waals surface area contributed by atoms with Crippen molar-refractivity contribution in [2.24, 2.45) is 0 Å². The minimum atomic E-state index is -0.339. The quantitative estimate of drug-likeness (QED) is 0.674. The third kappa shape index (κ3) is 3.25. The first kappa shape index (κ1) is 12.0. The number of aromatic nitrogens is 2. The molecule has 0 bridgehead atoms. The lowest BCUT2D eigenvalue weighted by atomic mass is 10.3.